The minimum absolute atomic E-state index is 0.162. The van der Waals surface area contributed by atoms with Crippen LogP contribution in [0.25, 0.3) is 0 Å². The van der Waals surface area contributed by atoms with Gasteiger partial charge in [0.25, 0.3) is 0 Å². The Labute approximate surface area is 119 Å². The minimum Gasteiger partial charge on any atom is -0.270 e. The molecule has 2 saturated carbocycles. The molecule has 2 heteroatoms. The molecule has 1 nitrogen and oxygen atoms in total. The van der Waals surface area contributed by atoms with Gasteiger partial charge in [0, 0.05) is 5.56 Å². The number of hydrogen-bond acceptors (Lipinski definition) is 2. The van der Waals surface area contributed by atoms with Crippen LogP contribution >= 0.6 is 11.8 Å². The molecule has 0 saturated heterocycles. The van der Waals surface area contributed by atoms with Gasteiger partial charge >= 0.3 is 0 Å². The first-order chi connectivity index (χ1) is 8.99. The Kier molecular flexibility index (Phi) is 2.19. The normalized spacial score (nSPS) is 42.3. The van der Waals surface area contributed by atoms with E-state index >= 15 is 0 Å². The number of nitrogens with zero attached hydrogens (tertiary/aromatic N) is 1. The van der Waals surface area contributed by atoms with Crippen molar-refractivity contribution in [1.29, 1.82) is 0 Å². The summed E-state index contributed by atoms with van der Waals surface area (Å²) in [7, 11) is 0. The van der Waals surface area contributed by atoms with E-state index in [1.165, 1.54) is 29.9 Å². The predicted molar refractivity (Wildman–Crippen MR) is 82.8 cm³/mol. The van der Waals surface area contributed by atoms with E-state index in [-0.39, 0.29) is 5.54 Å². The molecular weight excluding hydrogens is 250 g/mol. The Morgan fingerprint density at radius 3 is 2.53 bits per heavy atom. The van der Waals surface area contributed by atoms with Gasteiger partial charge in [-0.2, -0.15) is 0 Å². The average Bonchev–Trinajstić information content (AvgIpc) is 2.90. The first-order valence-electron chi connectivity index (χ1n) is 7.33. The van der Waals surface area contributed by atoms with E-state index in [2.05, 4.69) is 62.9 Å². The highest BCUT2D eigenvalue weighted by Crippen LogP contribution is 2.73. The molecule has 2 aliphatic carbocycles. The number of rotatable bonds is 1. The van der Waals surface area contributed by atoms with Crippen molar-refractivity contribution in [1.82, 2.24) is 0 Å². The summed E-state index contributed by atoms with van der Waals surface area (Å²) < 4.78 is 0.343. The van der Waals surface area contributed by atoms with E-state index in [0.29, 0.717) is 10.2 Å². The zero-order chi connectivity index (χ0) is 13.3. The zero-order valence-corrected chi connectivity index (χ0v) is 12.8. The molecule has 19 heavy (non-hydrogen) atoms. The summed E-state index contributed by atoms with van der Waals surface area (Å²) in [6, 6.07) is 10.7. The van der Waals surface area contributed by atoms with Crippen LogP contribution in [0.3, 0.4) is 0 Å². The number of fused-ring (bicyclic) bond motifs is 1. The van der Waals surface area contributed by atoms with Crippen LogP contribution in [-0.4, -0.2) is 15.3 Å². The molecular formula is C17H21NS. The molecule has 0 radical (unpaired) electrons. The van der Waals surface area contributed by atoms with Gasteiger partial charge in [-0.15, -0.1) is 0 Å². The van der Waals surface area contributed by atoms with Gasteiger partial charge in [0.2, 0.25) is 0 Å². The minimum atomic E-state index is 0.162. The van der Waals surface area contributed by atoms with Gasteiger partial charge in [-0.05, 0) is 37.5 Å². The average molecular weight is 271 g/mol. The lowest BCUT2D eigenvalue weighted by atomic mass is 9.76. The van der Waals surface area contributed by atoms with Crippen LogP contribution < -0.4 is 0 Å². The van der Waals surface area contributed by atoms with Crippen LogP contribution in [-0.2, 0) is 0 Å². The van der Waals surface area contributed by atoms with Gasteiger partial charge in [0.05, 0.1) is 15.3 Å². The third-order valence-corrected chi connectivity index (χ3v) is 8.10. The lowest BCUT2D eigenvalue weighted by molar-refractivity contribution is 0.265. The van der Waals surface area contributed by atoms with Crippen molar-refractivity contribution in [2.45, 2.75) is 50.3 Å². The highest BCUT2D eigenvalue weighted by Gasteiger charge is 2.72. The first kappa shape index (κ1) is 12.0. The van der Waals surface area contributed by atoms with Crippen molar-refractivity contribution < 1.29 is 0 Å². The predicted octanol–water partition coefficient (Wildman–Crippen LogP) is 4.52. The van der Waals surface area contributed by atoms with Gasteiger partial charge in [-0.25, -0.2) is 0 Å². The Balaban J connectivity index is 1.81. The standard InChI is InChI=1S/C17H21NS/c1-15(2)13-9-10-17(15)16(3,11-13)18-14(19-17)12-7-5-4-6-8-12/h4-8,13H,9-11H2,1-3H3/t13?,16-,17?/m0/s1. The van der Waals surface area contributed by atoms with Gasteiger partial charge in [0.15, 0.2) is 0 Å². The molecule has 2 fully saturated rings. The second-order valence-electron chi connectivity index (χ2n) is 7.15. The molecule has 1 aromatic rings. The zero-order valence-electron chi connectivity index (χ0n) is 11.9. The van der Waals surface area contributed by atoms with Crippen LogP contribution in [0.15, 0.2) is 35.3 Å². The van der Waals surface area contributed by atoms with E-state index in [1.807, 2.05) is 0 Å². The second-order valence-corrected chi connectivity index (χ2v) is 8.44. The molecule has 3 aliphatic rings. The molecule has 1 aliphatic heterocycles. The molecule has 1 heterocycles. The van der Waals surface area contributed by atoms with Crippen LogP contribution in [0.1, 0.15) is 45.6 Å². The maximum atomic E-state index is 5.20. The Bertz CT molecular complexity index is 562. The molecule has 2 unspecified atom stereocenters. The van der Waals surface area contributed by atoms with Crippen LogP contribution in [0.4, 0.5) is 0 Å². The first-order valence-corrected chi connectivity index (χ1v) is 8.14. The topological polar surface area (TPSA) is 12.4 Å². The summed E-state index contributed by atoms with van der Waals surface area (Å²) >= 11 is 2.08. The molecule has 1 spiro atoms. The number of aliphatic imine (C=N–C) groups is 1. The Hall–Kier alpha value is -0.760. The largest absolute Gasteiger partial charge is 0.270 e. The lowest BCUT2D eigenvalue weighted by Crippen LogP contribution is -2.47. The number of hydrogen-bond donors (Lipinski definition) is 0. The van der Waals surface area contributed by atoms with Crippen molar-refractivity contribution in [3.63, 3.8) is 0 Å². The van der Waals surface area contributed by atoms with Crippen molar-refractivity contribution in [3.05, 3.63) is 35.9 Å². The molecule has 100 valence electrons. The maximum Gasteiger partial charge on any atom is 0.0990 e. The van der Waals surface area contributed by atoms with E-state index in [1.54, 1.807) is 0 Å². The maximum absolute atomic E-state index is 5.20. The number of thioether (sulfide) groups is 1. The summed E-state index contributed by atoms with van der Waals surface area (Å²) in [4.78, 5) is 5.20. The SMILES string of the molecule is CC1(C)C2CCC13SC(c1ccccc1)=N[C@@]3(C)C2. The van der Waals surface area contributed by atoms with Gasteiger partial charge < -0.3 is 0 Å². The highest BCUT2D eigenvalue weighted by atomic mass is 32.2. The van der Waals surface area contributed by atoms with E-state index < -0.39 is 0 Å². The van der Waals surface area contributed by atoms with Crippen molar-refractivity contribution >= 4 is 16.8 Å². The fourth-order valence-electron chi connectivity index (χ4n) is 4.90. The van der Waals surface area contributed by atoms with Crippen molar-refractivity contribution in [2.75, 3.05) is 0 Å². The van der Waals surface area contributed by atoms with Crippen LogP contribution in [0, 0.1) is 11.3 Å². The molecule has 1 aromatic carbocycles. The molecule has 3 atom stereocenters. The summed E-state index contributed by atoms with van der Waals surface area (Å²) in [5, 5.41) is 1.27. The van der Waals surface area contributed by atoms with Gasteiger partial charge in [0.1, 0.15) is 0 Å². The monoisotopic (exact) mass is 271 g/mol. The fraction of sp³-hybridized carbons (Fsp3) is 0.588. The third kappa shape index (κ3) is 1.27. The van der Waals surface area contributed by atoms with Gasteiger partial charge in [-0.1, -0.05) is 55.9 Å². The molecule has 2 bridgehead atoms. The third-order valence-electron chi connectivity index (χ3n) is 6.06. The van der Waals surface area contributed by atoms with Crippen molar-refractivity contribution in [2.24, 2.45) is 16.3 Å². The molecule has 0 amide bonds. The Morgan fingerprint density at radius 1 is 1.16 bits per heavy atom. The molecule has 0 N–H and O–H groups in total. The Morgan fingerprint density at radius 2 is 1.89 bits per heavy atom. The quantitative estimate of drug-likeness (QED) is 0.731. The lowest BCUT2D eigenvalue weighted by Gasteiger charge is -2.41. The van der Waals surface area contributed by atoms with Crippen LogP contribution in [0.2, 0.25) is 0 Å². The summed E-state index contributed by atoms with van der Waals surface area (Å²) in [5.74, 6) is 0.867. The van der Waals surface area contributed by atoms with Crippen LogP contribution in [0.5, 0.6) is 0 Å². The molecule has 0 aromatic heterocycles. The van der Waals surface area contributed by atoms with E-state index in [0.717, 1.165) is 5.92 Å². The summed E-state index contributed by atoms with van der Waals surface area (Å²) in [5.41, 5.74) is 1.89. The smallest absolute Gasteiger partial charge is 0.0990 e. The van der Waals surface area contributed by atoms with Crippen molar-refractivity contribution in [3.8, 4) is 0 Å². The summed E-state index contributed by atoms with van der Waals surface area (Å²) in [6.45, 7) is 7.36. The highest BCUT2D eigenvalue weighted by molar-refractivity contribution is 8.16. The number of benzene rings is 1. The van der Waals surface area contributed by atoms with Gasteiger partial charge in [-0.3, -0.25) is 4.99 Å². The summed E-state index contributed by atoms with van der Waals surface area (Å²) in [6.07, 6.45) is 4.02. The van der Waals surface area contributed by atoms with E-state index in [4.69, 9.17) is 4.99 Å². The second kappa shape index (κ2) is 3.46. The van der Waals surface area contributed by atoms with E-state index in [9.17, 15) is 0 Å². The molecule has 4 rings (SSSR count). The fourth-order valence-corrected chi connectivity index (χ4v) is 6.73.